The van der Waals surface area contributed by atoms with Gasteiger partial charge < -0.3 is 20.6 Å². The third kappa shape index (κ3) is 4.02. The van der Waals surface area contributed by atoms with Crippen molar-refractivity contribution < 1.29 is 14.7 Å². The van der Waals surface area contributed by atoms with Gasteiger partial charge >= 0.3 is 5.97 Å². The van der Waals surface area contributed by atoms with Gasteiger partial charge in [-0.05, 0) is 75.2 Å². The second-order valence-corrected chi connectivity index (χ2v) is 10.5. The van der Waals surface area contributed by atoms with E-state index in [0.29, 0.717) is 25.3 Å². The number of hydrogen-bond donors (Lipinski definition) is 3. The molecule has 2 aliphatic rings. The minimum atomic E-state index is -1.01. The van der Waals surface area contributed by atoms with Gasteiger partial charge in [0.2, 0.25) is 5.91 Å². The van der Waals surface area contributed by atoms with E-state index in [0.717, 1.165) is 51.2 Å². The molecule has 1 atom stereocenters. The maximum Gasteiger partial charge on any atom is 0.337 e. The molecule has 0 aliphatic carbocycles. The molecule has 38 heavy (non-hydrogen) atoms. The van der Waals surface area contributed by atoms with Crippen molar-refractivity contribution in [2.24, 2.45) is 0 Å². The van der Waals surface area contributed by atoms with E-state index in [4.69, 9.17) is 4.98 Å². The number of amides is 1. The second-order valence-electron chi connectivity index (χ2n) is 10.5. The molecule has 0 saturated carbocycles. The molecule has 6 rings (SSSR count). The first-order valence-electron chi connectivity index (χ1n) is 12.8. The fourth-order valence-corrected chi connectivity index (χ4v) is 5.85. The quantitative estimate of drug-likeness (QED) is 0.335. The van der Waals surface area contributed by atoms with Gasteiger partial charge in [0.1, 0.15) is 5.82 Å². The normalized spacial score (nSPS) is 18.5. The van der Waals surface area contributed by atoms with E-state index in [-0.39, 0.29) is 11.5 Å². The van der Waals surface area contributed by atoms with Crippen LogP contribution in [0, 0.1) is 20.8 Å². The number of piperidine rings is 1. The molecule has 0 radical (unpaired) electrons. The lowest BCUT2D eigenvalue weighted by Gasteiger charge is -2.38. The predicted molar refractivity (Wildman–Crippen MR) is 149 cm³/mol. The number of carbonyl (C=O) groups excluding carboxylic acids is 1. The van der Waals surface area contributed by atoms with Gasteiger partial charge in [-0.1, -0.05) is 11.6 Å². The molecule has 192 valence electrons. The molecule has 2 aliphatic heterocycles. The van der Waals surface area contributed by atoms with Crippen LogP contribution in [0.25, 0.3) is 10.9 Å². The van der Waals surface area contributed by atoms with Crippen molar-refractivity contribution in [3.63, 3.8) is 0 Å². The molecule has 4 aromatic rings. The van der Waals surface area contributed by atoms with Crippen molar-refractivity contribution in [2.75, 3.05) is 28.6 Å². The van der Waals surface area contributed by atoms with Crippen LogP contribution in [-0.2, 0) is 10.2 Å². The third-order valence-electron chi connectivity index (χ3n) is 7.74. The lowest BCUT2D eigenvalue weighted by atomic mass is 9.74. The molecular weight excluding hydrogens is 478 g/mol. The summed E-state index contributed by atoms with van der Waals surface area (Å²) in [6.45, 7) is 7.31. The summed E-state index contributed by atoms with van der Waals surface area (Å²) in [5, 5.41) is 17.3. The van der Waals surface area contributed by atoms with Gasteiger partial charge in [-0.2, -0.15) is 0 Å². The van der Waals surface area contributed by atoms with E-state index < -0.39 is 11.4 Å². The summed E-state index contributed by atoms with van der Waals surface area (Å²) in [5.41, 5.74) is 7.62. The molecule has 1 amide bonds. The molecule has 8 heteroatoms. The number of pyridine rings is 2. The van der Waals surface area contributed by atoms with E-state index in [9.17, 15) is 14.7 Å². The van der Waals surface area contributed by atoms with Gasteiger partial charge in [-0.25, -0.2) is 9.78 Å². The maximum absolute atomic E-state index is 13.3. The third-order valence-corrected chi connectivity index (χ3v) is 7.74. The molecule has 1 spiro atoms. The molecular formula is C30H29N5O3. The first-order valence-corrected chi connectivity index (χ1v) is 12.8. The van der Waals surface area contributed by atoms with Crippen LogP contribution < -0.4 is 15.5 Å². The minimum Gasteiger partial charge on any atom is -0.478 e. The zero-order valence-corrected chi connectivity index (χ0v) is 21.6. The van der Waals surface area contributed by atoms with Crippen LogP contribution in [0.3, 0.4) is 0 Å². The summed E-state index contributed by atoms with van der Waals surface area (Å²) in [7, 11) is 0. The predicted octanol–water partition coefficient (Wildman–Crippen LogP) is 5.49. The zero-order valence-electron chi connectivity index (χ0n) is 21.6. The molecule has 1 saturated heterocycles. The number of anilines is 4. The zero-order chi connectivity index (χ0) is 26.6. The number of carboxylic acids is 1. The van der Waals surface area contributed by atoms with E-state index in [1.807, 2.05) is 36.1 Å². The highest BCUT2D eigenvalue weighted by atomic mass is 16.4. The number of fused-ring (bicyclic) bond motifs is 3. The van der Waals surface area contributed by atoms with Crippen molar-refractivity contribution in [3.05, 3.63) is 82.7 Å². The molecule has 1 fully saturated rings. The average molecular weight is 508 g/mol. The highest BCUT2D eigenvalue weighted by molar-refractivity contribution is 5.97. The Balaban J connectivity index is 1.22. The van der Waals surface area contributed by atoms with Gasteiger partial charge in [0.25, 0.3) is 0 Å². The topological polar surface area (TPSA) is 107 Å². The fraction of sp³-hybridized carbons (Fsp3) is 0.267. The molecule has 8 nitrogen and oxygen atoms in total. The number of rotatable bonds is 4. The van der Waals surface area contributed by atoms with Crippen molar-refractivity contribution in [1.82, 2.24) is 9.97 Å². The van der Waals surface area contributed by atoms with Gasteiger partial charge in [0, 0.05) is 64.8 Å². The molecule has 4 heterocycles. The van der Waals surface area contributed by atoms with Gasteiger partial charge in [0.15, 0.2) is 0 Å². The smallest absolute Gasteiger partial charge is 0.337 e. The highest BCUT2D eigenvalue weighted by Crippen LogP contribution is 2.44. The molecule has 0 bridgehead atoms. The van der Waals surface area contributed by atoms with Gasteiger partial charge in [-0.3, -0.25) is 9.78 Å². The van der Waals surface area contributed by atoms with Crippen LogP contribution in [0.15, 0.2) is 54.7 Å². The van der Waals surface area contributed by atoms with Crippen LogP contribution in [-0.4, -0.2) is 40.0 Å². The Labute approximate surface area is 220 Å². The summed E-state index contributed by atoms with van der Waals surface area (Å²) in [5.74, 6) is -0.315. The Morgan fingerprint density at radius 2 is 1.89 bits per heavy atom. The number of nitrogens with one attached hydrogen (secondary N) is 2. The van der Waals surface area contributed by atoms with Gasteiger partial charge in [0.05, 0.1) is 11.1 Å². The van der Waals surface area contributed by atoms with Crippen LogP contribution in [0.5, 0.6) is 0 Å². The van der Waals surface area contributed by atoms with Crippen LogP contribution in [0.2, 0.25) is 0 Å². The lowest BCUT2D eigenvalue weighted by Crippen LogP contribution is -2.47. The molecule has 1 unspecified atom stereocenters. The number of carboxylic acid groups (broad SMARTS) is 1. The van der Waals surface area contributed by atoms with E-state index in [2.05, 4.69) is 47.7 Å². The lowest BCUT2D eigenvalue weighted by molar-refractivity contribution is -0.121. The minimum absolute atomic E-state index is 0.0223. The molecule has 3 N–H and O–H groups in total. The Kier molecular flexibility index (Phi) is 5.56. The summed E-state index contributed by atoms with van der Waals surface area (Å²) in [6.07, 6.45) is 2.39. The number of carbonyl (C=O) groups is 2. The standard InChI is InChI=1S/C30H29N5O3/c1-17-10-18(2)27-23(11-17)25(12-19(3)33-27)34-21-4-6-22(7-5-21)35-9-8-30(14-26(35)36)16-32-28-24(30)13-20(15-31-28)29(37)38/h4-7,10-13,15H,8-9,14,16H2,1-3H3,(H,31,32)(H,33,34)(H,37,38). The van der Waals surface area contributed by atoms with Crippen LogP contribution in [0.1, 0.15) is 45.6 Å². The second kappa shape index (κ2) is 8.83. The number of aromatic carboxylic acids is 1. The average Bonchev–Trinajstić information content (AvgIpc) is 3.22. The monoisotopic (exact) mass is 507 g/mol. The number of nitrogens with zero attached hydrogens (tertiary/aromatic N) is 3. The highest BCUT2D eigenvalue weighted by Gasteiger charge is 2.46. The summed E-state index contributed by atoms with van der Waals surface area (Å²) >= 11 is 0. The van der Waals surface area contributed by atoms with Crippen molar-refractivity contribution in [2.45, 2.75) is 39.0 Å². The Morgan fingerprint density at radius 1 is 1.11 bits per heavy atom. The molecule has 2 aromatic heterocycles. The van der Waals surface area contributed by atoms with Crippen molar-refractivity contribution in [1.29, 1.82) is 0 Å². The van der Waals surface area contributed by atoms with Crippen LogP contribution in [0.4, 0.5) is 22.9 Å². The Bertz CT molecular complexity index is 1620. The van der Waals surface area contributed by atoms with Crippen LogP contribution >= 0.6 is 0 Å². The fourth-order valence-electron chi connectivity index (χ4n) is 5.85. The van der Waals surface area contributed by atoms with Crippen molar-refractivity contribution >= 4 is 45.7 Å². The number of benzene rings is 2. The number of hydrogen-bond acceptors (Lipinski definition) is 6. The summed E-state index contributed by atoms with van der Waals surface area (Å²) in [4.78, 5) is 35.7. The SMILES string of the molecule is Cc1cc(C)c2nc(C)cc(Nc3ccc(N4CCC5(CNc6ncc(C(=O)O)cc65)CC4=O)cc3)c2c1. The van der Waals surface area contributed by atoms with E-state index in [1.165, 1.54) is 11.8 Å². The molecule has 2 aromatic carbocycles. The maximum atomic E-state index is 13.3. The largest absolute Gasteiger partial charge is 0.478 e. The van der Waals surface area contributed by atoms with E-state index >= 15 is 0 Å². The Morgan fingerprint density at radius 3 is 2.63 bits per heavy atom. The number of aryl methyl sites for hydroxylation is 3. The Hall–Kier alpha value is -4.46. The summed E-state index contributed by atoms with van der Waals surface area (Å²) in [6, 6.07) is 15.9. The van der Waals surface area contributed by atoms with Gasteiger partial charge in [-0.15, -0.1) is 0 Å². The van der Waals surface area contributed by atoms with E-state index in [1.54, 1.807) is 6.07 Å². The first kappa shape index (κ1) is 23.9. The summed E-state index contributed by atoms with van der Waals surface area (Å²) < 4.78 is 0. The number of aromatic nitrogens is 2. The van der Waals surface area contributed by atoms with Crippen molar-refractivity contribution in [3.8, 4) is 0 Å². The first-order chi connectivity index (χ1) is 18.2.